The minimum Gasteiger partial charge on any atom is -0.351 e. The van der Waals surface area contributed by atoms with E-state index in [-0.39, 0.29) is 0 Å². The average Bonchev–Trinajstić information content (AvgIpc) is 2.72. The summed E-state index contributed by atoms with van der Waals surface area (Å²) >= 11 is 0. The Hall–Kier alpha value is -2.02. The monoisotopic (exact) mass is 209 g/mol. The molecule has 0 N–H and O–H groups in total. The lowest BCUT2D eigenvalue weighted by Gasteiger charge is -2.00. The summed E-state index contributed by atoms with van der Waals surface area (Å²) in [7, 11) is 2.04. The van der Waals surface area contributed by atoms with Crippen LogP contribution in [0.15, 0.2) is 49.2 Å². The molecule has 80 valence electrons. The van der Waals surface area contributed by atoms with Crippen LogP contribution in [0, 0.1) is 0 Å². The smallest absolute Gasteiger partial charge is 0.0404 e. The third-order valence-corrected chi connectivity index (χ3v) is 2.63. The second-order valence-electron chi connectivity index (χ2n) is 3.71. The molecule has 2 rings (SSSR count). The standard InChI is InChI=1S/C15H15N/c1-3-13-7-4-5-8-14(13)10-11-15-9-6-12-16(15)2/h3-12H,1H2,2H3/b11-10+. The predicted molar refractivity (Wildman–Crippen MR) is 70.9 cm³/mol. The fourth-order valence-corrected chi connectivity index (χ4v) is 1.67. The maximum Gasteiger partial charge on any atom is 0.0404 e. The summed E-state index contributed by atoms with van der Waals surface area (Å²) in [6.07, 6.45) is 8.15. The molecule has 0 amide bonds. The third kappa shape index (κ3) is 2.14. The van der Waals surface area contributed by atoms with Crippen LogP contribution in [0.25, 0.3) is 18.2 Å². The van der Waals surface area contributed by atoms with E-state index in [1.165, 1.54) is 11.3 Å². The van der Waals surface area contributed by atoms with Crippen molar-refractivity contribution in [1.29, 1.82) is 0 Å². The molecular formula is C15H15N. The van der Waals surface area contributed by atoms with Gasteiger partial charge in [0.2, 0.25) is 0 Å². The zero-order valence-corrected chi connectivity index (χ0v) is 9.43. The lowest BCUT2D eigenvalue weighted by molar-refractivity contribution is 0.915. The zero-order valence-electron chi connectivity index (χ0n) is 9.43. The molecule has 0 aliphatic heterocycles. The molecule has 1 nitrogen and oxygen atoms in total. The van der Waals surface area contributed by atoms with Crippen molar-refractivity contribution in [2.75, 3.05) is 0 Å². The highest BCUT2D eigenvalue weighted by Gasteiger charge is 1.94. The second-order valence-corrected chi connectivity index (χ2v) is 3.71. The Morgan fingerprint density at radius 3 is 2.38 bits per heavy atom. The van der Waals surface area contributed by atoms with Gasteiger partial charge in [0.1, 0.15) is 0 Å². The molecule has 1 aromatic heterocycles. The molecule has 0 saturated carbocycles. The van der Waals surface area contributed by atoms with Crippen molar-refractivity contribution >= 4 is 18.2 Å². The first-order valence-electron chi connectivity index (χ1n) is 5.32. The maximum atomic E-state index is 3.82. The molecule has 16 heavy (non-hydrogen) atoms. The van der Waals surface area contributed by atoms with Gasteiger partial charge in [0.05, 0.1) is 0 Å². The van der Waals surface area contributed by atoms with E-state index < -0.39 is 0 Å². The summed E-state index contributed by atoms with van der Waals surface area (Å²) in [5, 5.41) is 0. The predicted octanol–water partition coefficient (Wildman–Crippen LogP) is 3.84. The number of nitrogens with zero attached hydrogens (tertiary/aromatic N) is 1. The van der Waals surface area contributed by atoms with Gasteiger partial charge >= 0.3 is 0 Å². The zero-order chi connectivity index (χ0) is 11.4. The van der Waals surface area contributed by atoms with Crippen molar-refractivity contribution in [3.05, 3.63) is 66.0 Å². The minimum atomic E-state index is 1.16. The van der Waals surface area contributed by atoms with Gasteiger partial charge < -0.3 is 4.57 Å². The number of benzene rings is 1. The van der Waals surface area contributed by atoms with Gasteiger partial charge in [-0.25, -0.2) is 0 Å². The van der Waals surface area contributed by atoms with E-state index in [2.05, 4.69) is 41.5 Å². The van der Waals surface area contributed by atoms with Crippen LogP contribution in [0.5, 0.6) is 0 Å². The highest BCUT2D eigenvalue weighted by Crippen LogP contribution is 2.14. The van der Waals surface area contributed by atoms with Crippen molar-refractivity contribution in [1.82, 2.24) is 4.57 Å². The first-order valence-corrected chi connectivity index (χ1v) is 5.32. The summed E-state index contributed by atoms with van der Waals surface area (Å²) in [6.45, 7) is 3.82. The van der Waals surface area contributed by atoms with Crippen molar-refractivity contribution in [2.45, 2.75) is 0 Å². The Bertz CT molecular complexity index is 518. The van der Waals surface area contributed by atoms with Gasteiger partial charge in [0.25, 0.3) is 0 Å². The molecular weight excluding hydrogens is 194 g/mol. The Morgan fingerprint density at radius 2 is 1.75 bits per heavy atom. The maximum absolute atomic E-state index is 3.82. The van der Waals surface area contributed by atoms with Crippen LogP contribution >= 0.6 is 0 Å². The summed E-state index contributed by atoms with van der Waals surface area (Å²) in [6, 6.07) is 12.4. The van der Waals surface area contributed by atoms with Gasteiger partial charge in [0, 0.05) is 18.9 Å². The van der Waals surface area contributed by atoms with Gasteiger partial charge in [-0.2, -0.15) is 0 Å². The van der Waals surface area contributed by atoms with Gasteiger partial charge in [-0.05, 0) is 29.3 Å². The van der Waals surface area contributed by atoms with Gasteiger partial charge in [-0.1, -0.05) is 43.0 Å². The van der Waals surface area contributed by atoms with Crippen molar-refractivity contribution in [3.8, 4) is 0 Å². The van der Waals surface area contributed by atoms with Crippen LogP contribution in [0.2, 0.25) is 0 Å². The molecule has 0 atom stereocenters. The van der Waals surface area contributed by atoms with Crippen molar-refractivity contribution in [2.24, 2.45) is 7.05 Å². The number of hydrogen-bond donors (Lipinski definition) is 0. The van der Waals surface area contributed by atoms with Crippen LogP contribution < -0.4 is 0 Å². The molecule has 0 bridgehead atoms. The molecule has 1 heteroatoms. The number of hydrogen-bond acceptors (Lipinski definition) is 0. The van der Waals surface area contributed by atoms with E-state index >= 15 is 0 Å². The molecule has 0 fully saturated rings. The van der Waals surface area contributed by atoms with E-state index in [4.69, 9.17) is 0 Å². The molecule has 0 aliphatic carbocycles. The Balaban J connectivity index is 2.30. The van der Waals surface area contributed by atoms with E-state index in [1.807, 2.05) is 37.5 Å². The van der Waals surface area contributed by atoms with E-state index in [0.717, 1.165) is 5.56 Å². The molecule has 0 saturated heterocycles. The quantitative estimate of drug-likeness (QED) is 0.723. The van der Waals surface area contributed by atoms with E-state index in [9.17, 15) is 0 Å². The second kappa shape index (κ2) is 4.67. The normalized spacial score (nSPS) is 10.8. The fraction of sp³-hybridized carbons (Fsp3) is 0.0667. The molecule has 0 aliphatic rings. The summed E-state index contributed by atoms with van der Waals surface area (Å²) in [5.74, 6) is 0. The molecule has 1 heterocycles. The van der Waals surface area contributed by atoms with Crippen LogP contribution in [0.1, 0.15) is 16.8 Å². The van der Waals surface area contributed by atoms with Crippen molar-refractivity contribution in [3.63, 3.8) is 0 Å². The molecule has 0 spiro atoms. The van der Waals surface area contributed by atoms with E-state index in [1.54, 1.807) is 0 Å². The molecule has 0 radical (unpaired) electrons. The number of aryl methyl sites for hydroxylation is 1. The third-order valence-electron chi connectivity index (χ3n) is 2.63. The van der Waals surface area contributed by atoms with Crippen molar-refractivity contribution < 1.29 is 0 Å². The van der Waals surface area contributed by atoms with Crippen LogP contribution in [0.3, 0.4) is 0 Å². The minimum absolute atomic E-state index is 1.16. The summed E-state index contributed by atoms with van der Waals surface area (Å²) in [4.78, 5) is 0. The van der Waals surface area contributed by atoms with Crippen LogP contribution in [-0.4, -0.2) is 4.57 Å². The highest BCUT2D eigenvalue weighted by atomic mass is 14.9. The topological polar surface area (TPSA) is 4.93 Å². The Kier molecular flexibility index (Phi) is 3.06. The van der Waals surface area contributed by atoms with Crippen LogP contribution in [0.4, 0.5) is 0 Å². The van der Waals surface area contributed by atoms with Gasteiger partial charge in [0.15, 0.2) is 0 Å². The lowest BCUT2D eigenvalue weighted by Crippen LogP contribution is -1.87. The van der Waals surface area contributed by atoms with E-state index in [0.29, 0.717) is 0 Å². The Labute approximate surface area is 96.4 Å². The highest BCUT2D eigenvalue weighted by molar-refractivity contribution is 5.73. The Morgan fingerprint density at radius 1 is 1.00 bits per heavy atom. The number of aromatic nitrogens is 1. The lowest BCUT2D eigenvalue weighted by atomic mass is 10.1. The first kappa shape index (κ1) is 10.5. The van der Waals surface area contributed by atoms with Gasteiger partial charge in [-0.3, -0.25) is 0 Å². The van der Waals surface area contributed by atoms with Crippen LogP contribution in [-0.2, 0) is 7.05 Å². The summed E-state index contributed by atoms with van der Waals surface area (Å²) < 4.78 is 2.09. The van der Waals surface area contributed by atoms with Gasteiger partial charge in [-0.15, -0.1) is 0 Å². The SMILES string of the molecule is C=Cc1ccccc1/C=C/c1cccn1C. The average molecular weight is 209 g/mol. The first-order chi connectivity index (χ1) is 7.81. The summed E-state index contributed by atoms with van der Waals surface area (Å²) in [5.41, 5.74) is 3.55. The largest absolute Gasteiger partial charge is 0.351 e. The molecule has 0 unspecified atom stereocenters. The molecule has 2 aromatic rings. The number of rotatable bonds is 3. The molecule has 1 aromatic carbocycles. The fourth-order valence-electron chi connectivity index (χ4n) is 1.67.